The Morgan fingerprint density at radius 2 is 1.95 bits per heavy atom. The zero-order valence-corrected chi connectivity index (χ0v) is 15.4. The van der Waals surface area contributed by atoms with Crippen LogP contribution in [0.25, 0.3) is 16.7 Å². The lowest BCUT2D eigenvalue weighted by atomic mass is 10.2. The third kappa shape index (κ3) is 2.64. The molecule has 3 rings (SSSR count). The van der Waals surface area contributed by atoms with E-state index in [9.17, 15) is 8.78 Å². The molecule has 0 radical (unpaired) electrons. The number of hydrogen-bond acceptors (Lipinski definition) is 1. The first-order valence-corrected chi connectivity index (χ1v) is 8.29. The SMILES string of the molecule is Fc1cc(Cl)c(-n2c(=S)[nH]c3cc(I)c(F)cc32)c(Br)c1. The first kappa shape index (κ1) is 15.4. The Hall–Kier alpha value is -0.510. The smallest absolute Gasteiger partial charge is 0.182 e. The second-order valence-electron chi connectivity index (χ2n) is 4.27. The molecule has 0 fully saturated rings. The van der Waals surface area contributed by atoms with Gasteiger partial charge in [-0.3, -0.25) is 4.57 Å². The van der Waals surface area contributed by atoms with E-state index in [1.165, 1.54) is 18.2 Å². The maximum atomic E-state index is 13.8. The van der Waals surface area contributed by atoms with Crippen molar-refractivity contribution in [3.05, 3.63) is 53.7 Å². The van der Waals surface area contributed by atoms with Gasteiger partial charge in [0, 0.05) is 10.5 Å². The van der Waals surface area contributed by atoms with Gasteiger partial charge in [-0.25, -0.2) is 8.78 Å². The Balaban J connectivity index is 2.44. The second-order valence-corrected chi connectivity index (χ2v) is 7.08. The molecule has 0 saturated carbocycles. The summed E-state index contributed by atoms with van der Waals surface area (Å²) >= 11 is 16.6. The van der Waals surface area contributed by atoms with Gasteiger partial charge in [-0.2, -0.15) is 0 Å². The number of H-pyrrole nitrogens is 1. The maximum absolute atomic E-state index is 13.8. The molecule has 8 heteroatoms. The highest BCUT2D eigenvalue weighted by Crippen LogP contribution is 2.33. The maximum Gasteiger partial charge on any atom is 0.182 e. The number of nitrogens with one attached hydrogen (secondary N) is 1. The number of rotatable bonds is 1. The van der Waals surface area contributed by atoms with E-state index >= 15 is 0 Å². The second kappa shape index (κ2) is 5.60. The number of aromatic nitrogens is 2. The summed E-state index contributed by atoms with van der Waals surface area (Å²) < 4.78 is 30.0. The van der Waals surface area contributed by atoms with E-state index in [1.807, 2.05) is 22.6 Å². The van der Waals surface area contributed by atoms with Gasteiger partial charge in [0.05, 0.1) is 25.3 Å². The molecular formula is C13H5BrClF2IN2S. The van der Waals surface area contributed by atoms with Crippen molar-refractivity contribution in [3.8, 4) is 5.69 Å². The van der Waals surface area contributed by atoms with Crippen LogP contribution in [0.2, 0.25) is 5.02 Å². The van der Waals surface area contributed by atoms with Crippen molar-refractivity contribution >= 4 is 73.4 Å². The molecule has 0 spiro atoms. The summed E-state index contributed by atoms with van der Waals surface area (Å²) in [5, 5.41) is 0.179. The molecule has 1 heterocycles. The van der Waals surface area contributed by atoms with Gasteiger partial charge in [-0.1, -0.05) is 11.6 Å². The molecule has 108 valence electrons. The highest BCUT2D eigenvalue weighted by Gasteiger charge is 2.16. The first-order chi connectivity index (χ1) is 9.88. The van der Waals surface area contributed by atoms with Gasteiger partial charge in [0.25, 0.3) is 0 Å². The van der Waals surface area contributed by atoms with Crippen LogP contribution in [-0.2, 0) is 0 Å². The molecule has 21 heavy (non-hydrogen) atoms. The topological polar surface area (TPSA) is 20.7 Å². The molecule has 0 amide bonds. The summed E-state index contributed by atoms with van der Waals surface area (Å²) in [6, 6.07) is 5.49. The highest BCUT2D eigenvalue weighted by molar-refractivity contribution is 14.1. The predicted octanol–water partition coefficient (Wildman–Crippen LogP) is 5.99. The summed E-state index contributed by atoms with van der Waals surface area (Å²) in [5.41, 5.74) is 1.68. The molecule has 1 aromatic heterocycles. The van der Waals surface area contributed by atoms with Gasteiger partial charge in [0.15, 0.2) is 4.77 Å². The van der Waals surface area contributed by atoms with Gasteiger partial charge in [-0.15, -0.1) is 0 Å². The fourth-order valence-corrected chi connectivity index (χ4v) is 3.85. The number of hydrogen-bond donors (Lipinski definition) is 1. The number of benzene rings is 2. The molecule has 0 aliphatic carbocycles. The minimum Gasteiger partial charge on any atom is -0.330 e. The summed E-state index contributed by atoms with van der Waals surface area (Å²) in [5.74, 6) is -0.831. The van der Waals surface area contributed by atoms with Gasteiger partial charge < -0.3 is 4.98 Å². The van der Waals surface area contributed by atoms with Gasteiger partial charge in [-0.05, 0) is 68.9 Å². The van der Waals surface area contributed by atoms with E-state index in [4.69, 9.17) is 23.8 Å². The highest BCUT2D eigenvalue weighted by atomic mass is 127. The van der Waals surface area contributed by atoms with E-state index in [-0.39, 0.29) is 10.8 Å². The van der Waals surface area contributed by atoms with E-state index in [2.05, 4.69) is 20.9 Å². The first-order valence-electron chi connectivity index (χ1n) is 5.63. The number of nitrogens with zero attached hydrogens (tertiary/aromatic N) is 1. The van der Waals surface area contributed by atoms with E-state index in [0.717, 1.165) is 0 Å². The molecule has 3 aromatic rings. The molecule has 1 N–H and O–H groups in total. The Kier molecular flexibility index (Phi) is 4.10. The molecule has 0 bridgehead atoms. The molecule has 0 aliphatic heterocycles. The molecule has 0 aliphatic rings. The number of fused-ring (bicyclic) bond motifs is 1. The Morgan fingerprint density at radius 3 is 2.62 bits per heavy atom. The Bertz CT molecular complexity index is 915. The lowest BCUT2D eigenvalue weighted by molar-refractivity contribution is 0.621. The number of imidazole rings is 1. The van der Waals surface area contributed by atoms with Crippen LogP contribution in [0.5, 0.6) is 0 Å². The zero-order chi connectivity index (χ0) is 15.3. The quantitative estimate of drug-likeness (QED) is 0.321. The molecule has 2 nitrogen and oxygen atoms in total. The van der Waals surface area contributed by atoms with Crippen molar-refractivity contribution in [1.82, 2.24) is 9.55 Å². The largest absolute Gasteiger partial charge is 0.330 e. The fraction of sp³-hybridized carbons (Fsp3) is 0. The van der Waals surface area contributed by atoms with Crippen LogP contribution in [0.3, 0.4) is 0 Å². The predicted molar refractivity (Wildman–Crippen MR) is 93.8 cm³/mol. The molecule has 0 saturated heterocycles. The molecule has 0 unspecified atom stereocenters. The lowest BCUT2D eigenvalue weighted by Gasteiger charge is -2.10. The van der Waals surface area contributed by atoms with Crippen molar-refractivity contribution in [2.75, 3.05) is 0 Å². The van der Waals surface area contributed by atoms with Crippen LogP contribution >= 0.6 is 62.3 Å². The van der Waals surface area contributed by atoms with Crippen molar-refractivity contribution < 1.29 is 8.78 Å². The van der Waals surface area contributed by atoms with Crippen LogP contribution in [0, 0.1) is 20.0 Å². The van der Waals surface area contributed by atoms with Gasteiger partial charge in [0.1, 0.15) is 11.6 Å². The van der Waals surface area contributed by atoms with Gasteiger partial charge >= 0.3 is 0 Å². The summed E-state index contributed by atoms with van der Waals surface area (Å²) in [4.78, 5) is 3.00. The van der Waals surface area contributed by atoms with Crippen LogP contribution < -0.4 is 0 Å². The van der Waals surface area contributed by atoms with Crippen LogP contribution in [0.15, 0.2) is 28.7 Å². The normalized spacial score (nSPS) is 11.3. The van der Waals surface area contributed by atoms with Gasteiger partial charge in [0.2, 0.25) is 0 Å². The third-order valence-corrected chi connectivity index (χ3v) is 4.93. The Morgan fingerprint density at radius 1 is 1.24 bits per heavy atom. The average Bonchev–Trinajstić information content (AvgIpc) is 2.66. The Labute approximate surface area is 150 Å². The minimum absolute atomic E-state index is 0.179. The van der Waals surface area contributed by atoms with Crippen molar-refractivity contribution in [1.29, 1.82) is 0 Å². The van der Waals surface area contributed by atoms with Crippen molar-refractivity contribution in [3.63, 3.8) is 0 Å². The molecule has 0 atom stereocenters. The van der Waals surface area contributed by atoms with E-state index in [0.29, 0.717) is 29.5 Å². The standard InChI is InChI=1S/C13H5BrClF2IN2S/c14-6-1-5(16)2-7(15)12(6)20-11-3-8(17)9(18)4-10(11)19-13(20)21/h1-4H,(H,19,21). The van der Waals surface area contributed by atoms with Crippen molar-refractivity contribution in [2.24, 2.45) is 0 Å². The van der Waals surface area contributed by atoms with E-state index in [1.54, 1.807) is 10.6 Å². The lowest BCUT2D eigenvalue weighted by Crippen LogP contribution is -1.98. The van der Waals surface area contributed by atoms with Crippen molar-refractivity contribution in [2.45, 2.75) is 0 Å². The van der Waals surface area contributed by atoms with E-state index < -0.39 is 5.82 Å². The number of aromatic amines is 1. The summed E-state index contributed by atoms with van der Waals surface area (Å²) in [6.45, 7) is 0. The third-order valence-electron chi connectivity index (χ3n) is 2.93. The minimum atomic E-state index is -0.470. The molecule has 2 aromatic carbocycles. The van der Waals surface area contributed by atoms with Crippen LogP contribution in [0.1, 0.15) is 0 Å². The fourth-order valence-electron chi connectivity index (χ4n) is 2.07. The van der Waals surface area contributed by atoms with Crippen LogP contribution in [0.4, 0.5) is 8.78 Å². The zero-order valence-electron chi connectivity index (χ0n) is 10.1. The monoisotopic (exact) mass is 500 g/mol. The van der Waals surface area contributed by atoms with Crippen LogP contribution in [-0.4, -0.2) is 9.55 Å². The number of halogens is 5. The average molecular weight is 502 g/mol. The summed E-state index contributed by atoms with van der Waals surface area (Å²) in [7, 11) is 0. The molecular weight excluding hydrogens is 496 g/mol. The summed E-state index contributed by atoms with van der Waals surface area (Å²) in [6.07, 6.45) is 0.